The van der Waals surface area contributed by atoms with Gasteiger partial charge in [-0.1, -0.05) is 13.0 Å². The number of aromatic nitrogens is 2. The molecule has 0 bridgehead atoms. The Balaban J connectivity index is 1.31. The number of hydrogen-bond donors (Lipinski definition) is 2. The number of carbonyl (C=O) groups excluding carboxylic acids is 1. The average Bonchev–Trinajstić information content (AvgIpc) is 3.23. The number of anilines is 1. The fraction of sp³-hybridized carbons (Fsp3) is 0.593. The molecular weight excluding hydrogens is 534 g/mol. The van der Waals surface area contributed by atoms with Gasteiger partial charge in [0.05, 0.1) is 17.7 Å². The zero-order valence-electron chi connectivity index (χ0n) is 22.2. The van der Waals surface area contributed by atoms with Crippen molar-refractivity contribution >= 4 is 11.7 Å². The second-order valence-corrected chi connectivity index (χ2v) is 10.5. The van der Waals surface area contributed by atoms with Gasteiger partial charge in [0.2, 0.25) is 5.91 Å². The molecule has 0 radical (unpaired) electrons. The molecule has 3 atom stereocenters. The topological polar surface area (TPSA) is 100 Å². The van der Waals surface area contributed by atoms with Gasteiger partial charge >= 0.3 is 6.36 Å². The Morgan fingerprint density at radius 2 is 1.93 bits per heavy atom. The van der Waals surface area contributed by atoms with Crippen LogP contribution in [-0.2, 0) is 9.53 Å². The van der Waals surface area contributed by atoms with Crippen molar-refractivity contribution in [3.05, 3.63) is 47.2 Å². The predicted octanol–water partition coefficient (Wildman–Crippen LogP) is 3.26. The van der Waals surface area contributed by atoms with E-state index in [0.717, 1.165) is 36.4 Å². The van der Waals surface area contributed by atoms with Gasteiger partial charge in [-0.3, -0.25) is 4.79 Å². The molecule has 1 aromatic heterocycles. The predicted molar refractivity (Wildman–Crippen MR) is 136 cm³/mol. The van der Waals surface area contributed by atoms with Gasteiger partial charge in [-0.2, -0.15) is 0 Å². The van der Waals surface area contributed by atoms with Crippen LogP contribution in [0.3, 0.4) is 0 Å². The second kappa shape index (κ2) is 11.8. The number of benzene rings is 1. The van der Waals surface area contributed by atoms with Crippen LogP contribution in [0.2, 0.25) is 0 Å². The van der Waals surface area contributed by atoms with Crippen molar-refractivity contribution < 1.29 is 36.9 Å². The zero-order chi connectivity index (χ0) is 28.4. The first kappa shape index (κ1) is 28.5. The van der Waals surface area contributed by atoms with E-state index in [9.17, 15) is 27.5 Å². The minimum Gasteiger partial charge on any atom is -0.403 e. The molecule has 218 valence electrons. The van der Waals surface area contributed by atoms with Crippen molar-refractivity contribution in [2.45, 2.75) is 56.5 Å². The van der Waals surface area contributed by atoms with E-state index in [1.54, 1.807) is 4.90 Å². The molecule has 0 saturated carbocycles. The number of nitrogens with one attached hydrogen (secondary N) is 1. The van der Waals surface area contributed by atoms with Crippen LogP contribution in [0.4, 0.5) is 23.4 Å². The third-order valence-corrected chi connectivity index (χ3v) is 7.88. The van der Waals surface area contributed by atoms with Crippen LogP contribution in [0, 0.1) is 5.82 Å². The molecule has 3 aliphatic rings. The van der Waals surface area contributed by atoms with E-state index in [-0.39, 0.29) is 30.0 Å². The van der Waals surface area contributed by atoms with Gasteiger partial charge in [0.15, 0.2) is 11.6 Å². The molecule has 2 saturated heterocycles. The van der Waals surface area contributed by atoms with Gasteiger partial charge < -0.3 is 29.7 Å². The van der Waals surface area contributed by atoms with E-state index in [2.05, 4.69) is 24.9 Å². The number of piperazine rings is 1. The van der Waals surface area contributed by atoms with Gasteiger partial charge in [-0.05, 0) is 42.9 Å². The lowest BCUT2D eigenvalue weighted by atomic mass is 9.95. The molecular formula is C27H33F4N5O4. The fourth-order valence-electron chi connectivity index (χ4n) is 5.79. The third-order valence-electron chi connectivity index (χ3n) is 7.88. The number of alkyl halides is 3. The van der Waals surface area contributed by atoms with Crippen molar-refractivity contribution in [1.29, 1.82) is 0 Å². The molecule has 5 rings (SSSR count). The molecule has 1 amide bonds. The van der Waals surface area contributed by atoms with Crippen molar-refractivity contribution in [2.75, 3.05) is 50.8 Å². The van der Waals surface area contributed by atoms with Crippen LogP contribution in [0.5, 0.6) is 5.75 Å². The van der Waals surface area contributed by atoms with Crippen molar-refractivity contribution in [2.24, 2.45) is 0 Å². The Morgan fingerprint density at radius 1 is 1.20 bits per heavy atom. The largest absolute Gasteiger partial charge is 0.573 e. The fourth-order valence-corrected chi connectivity index (χ4v) is 5.79. The standard InChI is InChI=1S/C27H33F4N5O4/c1-16-12-21(37)24-23(16)25(34-15-33-24)35-6-8-36(9-7-35)26(38)19(14-32-18-4-10-39-11-5-18)17-2-3-22(20(28)13-17)40-27(29,30)31/h2-3,13,15-16,18-19,21,32,37H,4-12,14H2,1H3/t16-,19-,21+/m1/s1. The van der Waals surface area contributed by atoms with Crippen LogP contribution in [0.1, 0.15) is 60.9 Å². The highest BCUT2D eigenvalue weighted by Gasteiger charge is 2.36. The molecule has 2 N–H and O–H groups in total. The molecule has 40 heavy (non-hydrogen) atoms. The normalized spacial score (nSPS) is 22.8. The van der Waals surface area contributed by atoms with Crippen LogP contribution in [0.15, 0.2) is 24.5 Å². The smallest absolute Gasteiger partial charge is 0.403 e. The number of halogens is 4. The highest BCUT2D eigenvalue weighted by Crippen LogP contribution is 2.43. The second-order valence-electron chi connectivity index (χ2n) is 10.5. The Hall–Kier alpha value is -3.03. The minimum absolute atomic E-state index is 0.112. The average molecular weight is 568 g/mol. The molecule has 1 aliphatic carbocycles. The number of amides is 1. The number of nitrogens with zero attached hydrogens (tertiary/aromatic N) is 4. The highest BCUT2D eigenvalue weighted by atomic mass is 19.4. The molecule has 2 aliphatic heterocycles. The van der Waals surface area contributed by atoms with Crippen molar-refractivity contribution in [1.82, 2.24) is 20.2 Å². The van der Waals surface area contributed by atoms with E-state index in [1.807, 2.05) is 6.92 Å². The highest BCUT2D eigenvalue weighted by molar-refractivity contribution is 5.84. The first-order chi connectivity index (χ1) is 19.1. The lowest BCUT2D eigenvalue weighted by Crippen LogP contribution is -2.52. The summed E-state index contributed by atoms with van der Waals surface area (Å²) < 4.78 is 61.7. The van der Waals surface area contributed by atoms with Crippen LogP contribution < -0.4 is 15.0 Å². The molecule has 9 nitrogen and oxygen atoms in total. The summed E-state index contributed by atoms with van der Waals surface area (Å²) >= 11 is 0. The van der Waals surface area contributed by atoms with Gasteiger partial charge in [0.25, 0.3) is 0 Å². The van der Waals surface area contributed by atoms with Gasteiger partial charge in [0, 0.05) is 57.5 Å². The molecule has 0 spiro atoms. The monoisotopic (exact) mass is 567 g/mol. The van der Waals surface area contributed by atoms with E-state index in [1.165, 1.54) is 12.4 Å². The summed E-state index contributed by atoms with van der Waals surface area (Å²) in [4.78, 5) is 26.3. The summed E-state index contributed by atoms with van der Waals surface area (Å²) in [6, 6.07) is 3.29. The van der Waals surface area contributed by atoms with Crippen LogP contribution >= 0.6 is 0 Å². The number of rotatable bonds is 7. The quantitative estimate of drug-likeness (QED) is 0.492. The molecule has 3 heterocycles. The Bertz CT molecular complexity index is 1200. The maximum absolute atomic E-state index is 14.6. The number of fused-ring (bicyclic) bond motifs is 1. The van der Waals surface area contributed by atoms with Crippen molar-refractivity contribution in [3.8, 4) is 5.75 Å². The Kier molecular flexibility index (Phi) is 8.43. The summed E-state index contributed by atoms with van der Waals surface area (Å²) in [6.45, 7) is 5.21. The van der Waals surface area contributed by atoms with Crippen molar-refractivity contribution in [3.63, 3.8) is 0 Å². The minimum atomic E-state index is -5.03. The van der Waals surface area contributed by atoms with Gasteiger partial charge in [-0.25, -0.2) is 14.4 Å². The van der Waals surface area contributed by atoms with Crippen LogP contribution in [0.25, 0.3) is 0 Å². The van der Waals surface area contributed by atoms with E-state index >= 15 is 0 Å². The van der Waals surface area contributed by atoms with Gasteiger partial charge in [-0.15, -0.1) is 13.2 Å². The number of hydrogen-bond acceptors (Lipinski definition) is 8. The summed E-state index contributed by atoms with van der Waals surface area (Å²) in [5.41, 5.74) is 1.86. The Morgan fingerprint density at radius 3 is 2.60 bits per heavy atom. The number of aliphatic hydroxyl groups is 1. The number of ether oxygens (including phenoxy) is 2. The van der Waals surface area contributed by atoms with E-state index in [4.69, 9.17) is 4.74 Å². The maximum Gasteiger partial charge on any atom is 0.573 e. The summed E-state index contributed by atoms with van der Waals surface area (Å²) in [5, 5.41) is 13.7. The van der Waals surface area contributed by atoms with Crippen LogP contribution in [-0.4, -0.2) is 84.2 Å². The third kappa shape index (κ3) is 6.31. The van der Waals surface area contributed by atoms with Gasteiger partial charge in [0.1, 0.15) is 12.1 Å². The van der Waals surface area contributed by atoms with E-state index < -0.39 is 30.0 Å². The SMILES string of the molecule is C[C@@H]1C[C@H](O)c2ncnc(N3CCN(C(=O)[C@H](CNC4CCOCC4)c4ccc(OC(F)(F)F)c(F)c4)CC3)c21. The lowest BCUT2D eigenvalue weighted by molar-refractivity contribution is -0.275. The molecule has 1 aromatic carbocycles. The summed E-state index contributed by atoms with van der Waals surface area (Å²) in [7, 11) is 0. The summed E-state index contributed by atoms with van der Waals surface area (Å²) in [6.07, 6.45) is -2.07. The molecule has 2 aromatic rings. The maximum atomic E-state index is 14.6. The summed E-state index contributed by atoms with van der Waals surface area (Å²) in [5.74, 6) is -2.29. The zero-order valence-corrected chi connectivity index (χ0v) is 22.2. The molecule has 13 heteroatoms. The van der Waals surface area contributed by atoms with E-state index in [0.29, 0.717) is 51.5 Å². The molecule has 2 fully saturated rings. The first-order valence-electron chi connectivity index (χ1n) is 13.5. The first-order valence-corrected chi connectivity index (χ1v) is 13.5. The number of carbonyl (C=O) groups is 1. The number of aliphatic hydroxyl groups excluding tert-OH is 1. The molecule has 0 unspecified atom stereocenters. The Labute approximate surface area is 229 Å². The lowest BCUT2D eigenvalue weighted by Gasteiger charge is -2.38.